The predicted octanol–water partition coefficient (Wildman–Crippen LogP) is 6.05. The van der Waals surface area contributed by atoms with E-state index in [1.54, 1.807) is 6.08 Å². The molecule has 0 aliphatic heterocycles. The van der Waals surface area contributed by atoms with Crippen LogP contribution in [0.25, 0.3) is 38.3 Å². The van der Waals surface area contributed by atoms with E-state index in [1.807, 2.05) is 24.3 Å². The van der Waals surface area contributed by atoms with Gasteiger partial charge in [0, 0.05) is 22.5 Å². The van der Waals surface area contributed by atoms with Crippen molar-refractivity contribution >= 4 is 38.3 Å². The van der Waals surface area contributed by atoms with Gasteiger partial charge in [0.2, 0.25) is 0 Å². The Kier molecular flexibility index (Phi) is 3.68. The summed E-state index contributed by atoms with van der Waals surface area (Å²) in [6.07, 6.45) is 6.95. The molecule has 118 valence electrons. The largest absolute Gasteiger partial charge is 0.309 e. The summed E-state index contributed by atoms with van der Waals surface area (Å²) in [7, 11) is 0. The van der Waals surface area contributed by atoms with Gasteiger partial charge in [0.15, 0.2) is 0 Å². The summed E-state index contributed by atoms with van der Waals surface area (Å²) >= 11 is 0. The lowest BCUT2D eigenvalue weighted by atomic mass is 10.0. The summed E-state index contributed by atoms with van der Waals surface area (Å²) in [6, 6.07) is 23.2. The van der Waals surface area contributed by atoms with Crippen LogP contribution in [0.2, 0.25) is 0 Å². The van der Waals surface area contributed by atoms with Crippen LogP contribution in [0.5, 0.6) is 0 Å². The second-order valence-electron chi connectivity index (χ2n) is 5.82. The monoisotopic (exact) mass is 320 g/mol. The van der Waals surface area contributed by atoms with E-state index in [9.17, 15) is 0 Å². The Hall–Kier alpha value is -3.57. The first-order valence-electron chi connectivity index (χ1n) is 8.15. The molecule has 1 heterocycles. The van der Waals surface area contributed by atoms with E-state index in [-0.39, 0.29) is 0 Å². The molecule has 0 atom stereocenters. The Labute approximate surface area is 146 Å². The first-order chi connectivity index (χ1) is 12.3. The minimum atomic E-state index is 0.938. The molecule has 0 bridgehead atoms. The highest BCUT2D eigenvalue weighted by Gasteiger charge is 2.13. The Morgan fingerprint density at radius 2 is 1.68 bits per heavy atom. The van der Waals surface area contributed by atoms with Crippen molar-refractivity contribution in [3.63, 3.8) is 0 Å². The van der Waals surface area contributed by atoms with Gasteiger partial charge >= 0.3 is 0 Å². The van der Waals surface area contributed by atoms with E-state index in [4.69, 9.17) is 5.26 Å². The van der Waals surface area contributed by atoms with Crippen molar-refractivity contribution in [2.24, 2.45) is 0 Å². The Morgan fingerprint density at radius 3 is 2.48 bits per heavy atom. The molecule has 1 aromatic heterocycles. The molecule has 0 radical (unpaired) electrons. The maximum absolute atomic E-state index is 8.75. The molecule has 0 unspecified atom stereocenters. The number of fused-ring (bicyclic) bond motifs is 5. The fourth-order valence-electron chi connectivity index (χ4n) is 3.44. The zero-order chi connectivity index (χ0) is 17.2. The van der Waals surface area contributed by atoms with Gasteiger partial charge in [-0.15, -0.1) is 0 Å². The zero-order valence-electron chi connectivity index (χ0n) is 13.7. The number of allylic oxidation sites excluding steroid dienone is 5. The van der Waals surface area contributed by atoms with Crippen LogP contribution in [0, 0.1) is 11.3 Å². The molecule has 0 aliphatic rings. The van der Waals surface area contributed by atoms with Gasteiger partial charge in [0.1, 0.15) is 0 Å². The second-order valence-corrected chi connectivity index (χ2v) is 5.82. The summed E-state index contributed by atoms with van der Waals surface area (Å²) in [6.45, 7) is 3.97. The molecule has 4 aromatic rings. The fourth-order valence-corrected chi connectivity index (χ4v) is 3.44. The van der Waals surface area contributed by atoms with E-state index in [0.29, 0.717) is 0 Å². The molecule has 0 amide bonds. The fraction of sp³-hybridized carbons (Fsp3) is 0. The molecule has 25 heavy (non-hydrogen) atoms. The van der Waals surface area contributed by atoms with Crippen molar-refractivity contribution in [2.45, 2.75) is 0 Å². The van der Waals surface area contributed by atoms with Crippen molar-refractivity contribution in [3.05, 3.63) is 91.5 Å². The number of para-hydroxylation sites is 1. The number of nitriles is 1. The molecule has 0 fully saturated rings. The van der Waals surface area contributed by atoms with E-state index in [1.165, 1.54) is 27.6 Å². The highest BCUT2D eigenvalue weighted by atomic mass is 15.0. The normalized spacial score (nSPS) is 12.2. The third-order valence-electron chi connectivity index (χ3n) is 4.47. The van der Waals surface area contributed by atoms with Gasteiger partial charge in [-0.05, 0) is 41.1 Å². The van der Waals surface area contributed by atoms with Crippen molar-refractivity contribution < 1.29 is 0 Å². The van der Waals surface area contributed by atoms with Crippen LogP contribution in [-0.4, -0.2) is 4.57 Å². The Bertz CT molecular complexity index is 1210. The number of hydrogen-bond donors (Lipinski definition) is 0. The van der Waals surface area contributed by atoms with Gasteiger partial charge in [-0.3, -0.25) is 0 Å². The van der Waals surface area contributed by atoms with Crippen LogP contribution >= 0.6 is 0 Å². The minimum Gasteiger partial charge on any atom is -0.309 e. The molecule has 0 saturated heterocycles. The lowest BCUT2D eigenvalue weighted by Gasteiger charge is -2.08. The summed E-state index contributed by atoms with van der Waals surface area (Å²) < 4.78 is 2.20. The first kappa shape index (κ1) is 15.0. The minimum absolute atomic E-state index is 0.938. The molecule has 0 spiro atoms. The van der Waals surface area contributed by atoms with Gasteiger partial charge in [-0.2, -0.15) is 5.26 Å². The number of hydrogen-bond acceptors (Lipinski definition) is 1. The van der Waals surface area contributed by atoms with Gasteiger partial charge in [0.25, 0.3) is 0 Å². The van der Waals surface area contributed by atoms with Gasteiger partial charge in [-0.25, -0.2) is 0 Å². The summed E-state index contributed by atoms with van der Waals surface area (Å²) in [5.41, 5.74) is 3.20. The van der Waals surface area contributed by atoms with E-state index in [0.717, 1.165) is 16.7 Å². The van der Waals surface area contributed by atoms with Crippen LogP contribution in [0.4, 0.5) is 0 Å². The average Bonchev–Trinajstić information content (AvgIpc) is 3.00. The Morgan fingerprint density at radius 1 is 0.920 bits per heavy atom. The van der Waals surface area contributed by atoms with Gasteiger partial charge < -0.3 is 4.57 Å². The lowest BCUT2D eigenvalue weighted by molar-refractivity contribution is 1.24. The molecular formula is C23H16N2. The molecule has 0 N–H and O–H groups in total. The molecule has 3 aromatic carbocycles. The summed E-state index contributed by atoms with van der Waals surface area (Å²) in [5, 5.41) is 13.7. The second kappa shape index (κ2) is 6.14. The molecular weight excluding hydrogens is 304 g/mol. The van der Waals surface area contributed by atoms with Crippen LogP contribution in [0.3, 0.4) is 0 Å². The average molecular weight is 320 g/mol. The smallest absolute Gasteiger partial charge is 0.0912 e. The third-order valence-corrected chi connectivity index (χ3v) is 4.47. The van der Waals surface area contributed by atoms with Crippen LogP contribution in [0.15, 0.2) is 91.5 Å². The predicted molar refractivity (Wildman–Crippen MR) is 106 cm³/mol. The molecule has 0 aliphatic carbocycles. The van der Waals surface area contributed by atoms with Crippen molar-refractivity contribution in [2.75, 3.05) is 0 Å². The molecule has 0 saturated carbocycles. The highest BCUT2D eigenvalue weighted by molar-refractivity contribution is 6.21. The number of rotatable bonds is 3. The topological polar surface area (TPSA) is 28.7 Å². The maximum atomic E-state index is 8.75. The number of benzene rings is 3. The van der Waals surface area contributed by atoms with Crippen molar-refractivity contribution in [1.82, 2.24) is 4.57 Å². The first-order valence-corrected chi connectivity index (χ1v) is 8.15. The SMILES string of the molecule is C=C/C(=C\C=C\C#N)n1c2ccccc2c2c3ccccc3ccc21. The number of aromatic nitrogens is 1. The molecule has 2 heteroatoms. The van der Waals surface area contributed by atoms with E-state index >= 15 is 0 Å². The lowest BCUT2D eigenvalue weighted by Crippen LogP contribution is -1.93. The van der Waals surface area contributed by atoms with Gasteiger partial charge in [0.05, 0.1) is 17.1 Å². The highest BCUT2D eigenvalue weighted by Crippen LogP contribution is 2.36. The van der Waals surface area contributed by atoms with E-state index < -0.39 is 0 Å². The van der Waals surface area contributed by atoms with E-state index in [2.05, 4.69) is 65.7 Å². The van der Waals surface area contributed by atoms with Crippen LogP contribution in [-0.2, 0) is 0 Å². The molecule has 2 nitrogen and oxygen atoms in total. The van der Waals surface area contributed by atoms with Crippen molar-refractivity contribution in [1.29, 1.82) is 5.26 Å². The third kappa shape index (κ3) is 2.34. The standard InChI is InChI=1S/C23H16N2/c1-2-18(10-7-8-16-24)25-21-13-6-5-12-20(21)23-19-11-4-3-9-17(19)14-15-22(23)25/h2-15H,1H2/b8-7+,18-10+. The Balaban J connectivity index is 2.19. The van der Waals surface area contributed by atoms with Crippen molar-refractivity contribution in [3.8, 4) is 6.07 Å². The molecule has 4 rings (SSSR count). The summed E-state index contributed by atoms with van der Waals surface area (Å²) in [4.78, 5) is 0. The number of nitrogens with zero attached hydrogens (tertiary/aromatic N) is 2. The van der Waals surface area contributed by atoms with Crippen LogP contribution in [0.1, 0.15) is 0 Å². The summed E-state index contributed by atoms with van der Waals surface area (Å²) in [5.74, 6) is 0. The quantitative estimate of drug-likeness (QED) is 0.333. The maximum Gasteiger partial charge on any atom is 0.0912 e. The zero-order valence-corrected chi connectivity index (χ0v) is 13.7. The van der Waals surface area contributed by atoms with Gasteiger partial charge in [-0.1, -0.05) is 55.1 Å². The van der Waals surface area contributed by atoms with Crippen LogP contribution < -0.4 is 0 Å².